The summed E-state index contributed by atoms with van der Waals surface area (Å²) in [5.74, 6) is 8.42. The number of hydrogen-bond donors (Lipinski definition) is 4. The first-order valence-corrected chi connectivity index (χ1v) is 19.5. The molecular formula is C42H54N2O2. The van der Waals surface area contributed by atoms with Gasteiger partial charge in [-0.2, -0.15) is 0 Å². The number of rotatable bonds is 4. The Morgan fingerprint density at radius 1 is 0.435 bits per heavy atom. The Labute approximate surface area is 275 Å². The summed E-state index contributed by atoms with van der Waals surface area (Å²) >= 11 is 0. The molecule has 0 heterocycles. The Morgan fingerprint density at radius 3 is 1.07 bits per heavy atom. The highest BCUT2D eigenvalue weighted by atomic mass is 16.3. The Hall–Kier alpha value is -2.36. The minimum absolute atomic E-state index is 0.0778. The summed E-state index contributed by atoms with van der Waals surface area (Å²) in [5, 5.41) is 23.7. The third-order valence-corrected chi connectivity index (χ3v) is 16.9. The highest BCUT2D eigenvalue weighted by Crippen LogP contribution is 2.69. The number of phenolic OH excluding ortho intramolecular Hbond substituents is 2. The van der Waals surface area contributed by atoms with Crippen LogP contribution < -0.4 is 11.5 Å². The number of nitrogens with two attached hydrogens (primary N) is 2. The van der Waals surface area contributed by atoms with Gasteiger partial charge in [-0.15, -0.1) is 0 Å². The molecule has 2 aromatic rings. The van der Waals surface area contributed by atoms with Crippen LogP contribution in [0.2, 0.25) is 0 Å². The Morgan fingerprint density at radius 2 is 0.739 bits per heavy atom. The van der Waals surface area contributed by atoms with E-state index in [1.807, 2.05) is 0 Å². The summed E-state index contributed by atoms with van der Waals surface area (Å²) in [7, 11) is 0. The van der Waals surface area contributed by atoms with Gasteiger partial charge in [-0.25, -0.2) is 0 Å². The lowest BCUT2D eigenvalue weighted by molar-refractivity contribution is -0.0424. The molecule has 0 saturated heterocycles. The van der Waals surface area contributed by atoms with Gasteiger partial charge in [0.15, 0.2) is 0 Å². The first-order valence-electron chi connectivity index (χ1n) is 19.5. The SMILES string of the molecule is Nc1cc(C2(c3cc(N)c(O)c(C45CC6CC(CC(C6)C4)C5)c3)C3CC4CC(C3)CC2C4)cc(C23CC4CC(CC(C4)C2)C3)c1O. The molecule has 2 aromatic carbocycles. The molecule has 6 N–H and O–H groups in total. The van der Waals surface area contributed by atoms with E-state index in [2.05, 4.69) is 24.3 Å². The highest BCUT2D eigenvalue weighted by molar-refractivity contribution is 5.67. The van der Waals surface area contributed by atoms with Crippen LogP contribution in [0.25, 0.3) is 0 Å². The van der Waals surface area contributed by atoms with Gasteiger partial charge < -0.3 is 21.7 Å². The lowest BCUT2D eigenvalue weighted by atomic mass is 9.41. The van der Waals surface area contributed by atoms with Crippen LogP contribution in [-0.4, -0.2) is 10.2 Å². The summed E-state index contributed by atoms with van der Waals surface area (Å²) in [5.41, 5.74) is 20.1. The summed E-state index contributed by atoms with van der Waals surface area (Å²) in [6.45, 7) is 0. The van der Waals surface area contributed by atoms with Crippen molar-refractivity contribution in [3.63, 3.8) is 0 Å². The van der Waals surface area contributed by atoms with E-state index in [9.17, 15) is 10.2 Å². The summed E-state index contributed by atoms with van der Waals surface area (Å²) in [4.78, 5) is 0. The average Bonchev–Trinajstić information content (AvgIpc) is 2.98. The van der Waals surface area contributed by atoms with E-state index in [4.69, 9.17) is 11.5 Å². The molecule has 12 fully saturated rings. The molecule has 12 saturated carbocycles. The molecular weight excluding hydrogens is 564 g/mol. The van der Waals surface area contributed by atoms with Crippen molar-refractivity contribution in [2.45, 2.75) is 125 Å². The molecule has 12 aliphatic carbocycles. The van der Waals surface area contributed by atoms with Gasteiger partial charge in [-0.3, -0.25) is 0 Å². The maximum atomic E-state index is 11.8. The molecule has 12 aliphatic rings. The predicted octanol–water partition coefficient (Wildman–Crippen LogP) is 8.94. The number of phenols is 2. The van der Waals surface area contributed by atoms with E-state index in [1.54, 1.807) is 0 Å². The van der Waals surface area contributed by atoms with Crippen molar-refractivity contribution in [3.8, 4) is 11.5 Å². The van der Waals surface area contributed by atoms with E-state index in [-0.39, 0.29) is 16.2 Å². The third kappa shape index (κ3) is 3.53. The molecule has 0 atom stereocenters. The van der Waals surface area contributed by atoms with Crippen LogP contribution in [0.5, 0.6) is 11.5 Å². The molecule has 4 nitrogen and oxygen atoms in total. The van der Waals surface area contributed by atoms with Gasteiger partial charge in [0.05, 0.1) is 11.4 Å². The second-order valence-corrected chi connectivity index (χ2v) is 19.5. The van der Waals surface area contributed by atoms with E-state index in [0.29, 0.717) is 34.7 Å². The summed E-state index contributed by atoms with van der Waals surface area (Å²) in [6.07, 6.45) is 22.3. The molecule has 0 amide bonds. The van der Waals surface area contributed by atoms with E-state index >= 15 is 0 Å². The van der Waals surface area contributed by atoms with Crippen molar-refractivity contribution in [1.29, 1.82) is 0 Å². The minimum Gasteiger partial charge on any atom is -0.505 e. The molecule has 14 rings (SSSR count). The number of benzene rings is 2. The first-order chi connectivity index (χ1) is 22.2. The molecule has 12 bridgehead atoms. The Bertz CT molecular complexity index is 1440. The van der Waals surface area contributed by atoms with Gasteiger partial charge in [-0.1, -0.05) is 12.1 Å². The summed E-state index contributed by atoms with van der Waals surface area (Å²) < 4.78 is 0. The molecule has 244 valence electrons. The maximum Gasteiger partial charge on any atom is 0.142 e. The van der Waals surface area contributed by atoms with Crippen LogP contribution in [-0.2, 0) is 16.2 Å². The predicted molar refractivity (Wildman–Crippen MR) is 183 cm³/mol. The van der Waals surface area contributed by atoms with Crippen LogP contribution in [0.4, 0.5) is 11.4 Å². The third-order valence-electron chi connectivity index (χ3n) is 16.9. The minimum atomic E-state index is -0.162. The van der Waals surface area contributed by atoms with Crippen molar-refractivity contribution in [2.75, 3.05) is 11.5 Å². The van der Waals surface area contributed by atoms with Crippen LogP contribution in [0, 0.1) is 59.2 Å². The van der Waals surface area contributed by atoms with Crippen LogP contribution in [0.1, 0.15) is 131 Å². The van der Waals surface area contributed by atoms with Gasteiger partial charge in [0.1, 0.15) is 11.5 Å². The van der Waals surface area contributed by atoms with Crippen molar-refractivity contribution >= 4 is 11.4 Å². The fraction of sp³-hybridized carbons (Fsp3) is 0.714. The normalized spacial score (nSPS) is 48.9. The average molecular weight is 619 g/mol. The Balaban J connectivity index is 1.12. The lowest BCUT2D eigenvalue weighted by Gasteiger charge is -2.62. The lowest BCUT2D eigenvalue weighted by Crippen LogP contribution is -2.56. The summed E-state index contributed by atoms with van der Waals surface area (Å²) in [6, 6.07) is 9.42. The fourth-order valence-electron chi connectivity index (χ4n) is 16.5. The van der Waals surface area contributed by atoms with Gasteiger partial charge in [0.2, 0.25) is 0 Å². The topological polar surface area (TPSA) is 92.5 Å². The number of aromatic hydroxyl groups is 2. The highest BCUT2D eigenvalue weighted by Gasteiger charge is 2.61. The molecule has 0 radical (unpaired) electrons. The number of hydrogen-bond acceptors (Lipinski definition) is 4. The van der Waals surface area contributed by atoms with Crippen molar-refractivity contribution < 1.29 is 10.2 Å². The van der Waals surface area contributed by atoms with E-state index < -0.39 is 0 Å². The zero-order valence-electron chi connectivity index (χ0n) is 27.7. The van der Waals surface area contributed by atoms with Crippen LogP contribution >= 0.6 is 0 Å². The zero-order chi connectivity index (χ0) is 30.7. The number of nitrogen functional groups attached to an aromatic ring is 2. The van der Waals surface area contributed by atoms with Gasteiger partial charge >= 0.3 is 0 Å². The molecule has 0 spiro atoms. The largest absolute Gasteiger partial charge is 0.505 e. The van der Waals surface area contributed by atoms with E-state index in [0.717, 1.165) is 47.3 Å². The van der Waals surface area contributed by atoms with Crippen molar-refractivity contribution in [2.24, 2.45) is 59.2 Å². The smallest absolute Gasteiger partial charge is 0.142 e. The molecule has 4 heteroatoms. The van der Waals surface area contributed by atoms with Gasteiger partial charge in [0.25, 0.3) is 0 Å². The quantitative estimate of drug-likeness (QED) is 0.203. The molecule has 46 heavy (non-hydrogen) atoms. The maximum absolute atomic E-state index is 11.8. The second-order valence-electron chi connectivity index (χ2n) is 19.5. The fourth-order valence-corrected chi connectivity index (χ4v) is 16.5. The number of anilines is 2. The van der Waals surface area contributed by atoms with Gasteiger partial charge in [-0.05, 0) is 202 Å². The molecule has 0 aliphatic heterocycles. The monoisotopic (exact) mass is 618 g/mol. The van der Waals surface area contributed by atoms with Gasteiger partial charge in [0, 0.05) is 16.5 Å². The standard InChI is InChI=1S/C42H54N2O2/c43-36-14-32(12-34(38(36)45)40-16-24-2-25(17-40)4-26(3-24)18-40)42(30-8-22-1-23(10-30)11-31(42)9-22)33-13-35(39(46)37(44)15-33)41-19-27-5-28(20-41)7-29(6-27)21-41/h12-15,22-31,45-46H,1-11,16-21,43-44H2. The van der Waals surface area contributed by atoms with Crippen LogP contribution in [0.3, 0.4) is 0 Å². The zero-order valence-corrected chi connectivity index (χ0v) is 27.7. The van der Waals surface area contributed by atoms with Crippen LogP contribution in [0.15, 0.2) is 24.3 Å². The van der Waals surface area contributed by atoms with Crippen molar-refractivity contribution in [3.05, 3.63) is 46.5 Å². The van der Waals surface area contributed by atoms with E-state index in [1.165, 1.54) is 131 Å². The Kier molecular flexibility index (Phi) is 5.39. The second kappa shape index (κ2) is 9.00. The first kappa shape index (κ1) is 27.6. The van der Waals surface area contributed by atoms with Crippen molar-refractivity contribution in [1.82, 2.24) is 0 Å². The molecule has 0 unspecified atom stereocenters. The molecule has 0 aromatic heterocycles.